The maximum Gasteiger partial charge on any atom is 0.243 e. The van der Waals surface area contributed by atoms with Gasteiger partial charge in [0, 0.05) is 31.2 Å². The highest BCUT2D eigenvalue weighted by Gasteiger charge is 2.34. The average molecular weight is 407 g/mol. The van der Waals surface area contributed by atoms with Crippen LogP contribution in [0.3, 0.4) is 0 Å². The van der Waals surface area contributed by atoms with E-state index in [9.17, 15) is 8.42 Å². The number of methoxy groups -OCH3 is 1. The lowest BCUT2D eigenvalue weighted by molar-refractivity contribution is 0.203. The van der Waals surface area contributed by atoms with Gasteiger partial charge in [-0.2, -0.15) is 4.31 Å². The van der Waals surface area contributed by atoms with Gasteiger partial charge in [-0.1, -0.05) is 0 Å². The second kappa shape index (κ2) is 7.80. The molecule has 10 heteroatoms. The Morgan fingerprint density at radius 2 is 1.82 bits per heavy atom. The van der Waals surface area contributed by atoms with Crippen LogP contribution in [0.15, 0.2) is 35.2 Å². The molecular formula is C18H21N3O6S. The quantitative estimate of drug-likeness (QED) is 0.735. The Balaban J connectivity index is 1.46. The summed E-state index contributed by atoms with van der Waals surface area (Å²) in [7, 11) is -2.15. The zero-order valence-electron chi connectivity index (χ0n) is 15.4. The maximum absolute atomic E-state index is 13.0. The molecule has 1 aromatic heterocycles. The molecule has 1 aromatic carbocycles. The summed E-state index contributed by atoms with van der Waals surface area (Å²) in [5, 5.41) is 7.77. The number of nitrogens with zero attached hydrogens (tertiary/aromatic N) is 3. The number of sulfonamides is 1. The first kappa shape index (κ1) is 18.8. The van der Waals surface area contributed by atoms with E-state index in [1.165, 1.54) is 17.5 Å². The highest BCUT2D eigenvalue weighted by molar-refractivity contribution is 7.89. The molecule has 150 valence electrons. The zero-order valence-corrected chi connectivity index (χ0v) is 16.2. The second-order valence-corrected chi connectivity index (χ2v) is 8.40. The molecule has 1 fully saturated rings. The summed E-state index contributed by atoms with van der Waals surface area (Å²) in [6.45, 7) is 1.66. The molecule has 0 amide bonds. The van der Waals surface area contributed by atoms with Crippen molar-refractivity contribution in [3.8, 4) is 23.3 Å². The third kappa shape index (κ3) is 3.83. The van der Waals surface area contributed by atoms with Gasteiger partial charge in [0.25, 0.3) is 0 Å². The minimum atomic E-state index is -3.66. The first-order valence-corrected chi connectivity index (χ1v) is 10.4. The predicted octanol–water partition coefficient (Wildman–Crippen LogP) is 1.49. The predicted molar refractivity (Wildman–Crippen MR) is 98.4 cm³/mol. The molecule has 2 aliphatic rings. The number of rotatable bonds is 5. The fourth-order valence-corrected chi connectivity index (χ4v) is 4.62. The van der Waals surface area contributed by atoms with Crippen molar-refractivity contribution in [3.05, 3.63) is 30.3 Å². The Bertz CT molecular complexity index is 935. The number of hydrogen-bond donors (Lipinski definition) is 0. The molecule has 0 radical (unpaired) electrons. The summed E-state index contributed by atoms with van der Waals surface area (Å²) in [4.78, 5) is 0.182. The molecule has 1 saturated heterocycles. The smallest absolute Gasteiger partial charge is 0.243 e. The van der Waals surface area contributed by atoms with Crippen molar-refractivity contribution >= 4 is 10.0 Å². The van der Waals surface area contributed by atoms with E-state index in [2.05, 4.69) is 10.2 Å². The van der Waals surface area contributed by atoms with Gasteiger partial charge >= 0.3 is 0 Å². The van der Waals surface area contributed by atoms with Crippen molar-refractivity contribution in [2.45, 2.75) is 23.8 Å². The van der Waals surface area contributed by atoms with Gasteiger partial charge in [0.1, 0.15) is 6.10 Å². The van der Waals surface area contributed by atoms with Crippen molar-refractivity contribution in [1.29, 1.82) is 0 Å². The van der Waals surface area contributed by atoms with Crippen LogP contribution in [0.5, 0.6) is 23.3 Å². The second-order valence-electron chi connectivity index (χ2n) is 6.46. The van der Waals surface area contributed by atoms with Crippen LogP contribution in [0.1, 0.15) is 12.8 Å². The van der Waals surface area contributed by atoms with E-state index in [1.807, 2.05) is 0 Å². The summed E-state index contributed by atoms with van der Waals surface area (Å²) >= 11 is 0. The van der Waals surface area contributed by atoms with Gasteiger partial charge in [0.15, 0.2) is 11.5 Å². The molecule has 3 heterocycles. The summed E-state index contributed by atoms with van der Waals surface area (Å²) in [6, 6.07) is 8.01. The van der Waals surface area contributed by atoms with Crippen molar-refractivity contribution in [1.82, 2.24) is 14.5 Å². The summed E-state index contributed by atoms with van der Waals surface area (Å²) in [6.07, 6.45) is 1.03. The fraction of sp³-hybridized carbons (Fsp3) is 0.444. The number of hydrogen-bond acceptors (Lipinski definition) is 8. The van der Waals surface area contributed by atoms with Gasteiger partial charge in [-0.3, -0.25) is 0 Å². The van der Waals surface area contributed by atoms with Crippen molar-refractivity contribution < 1.29 is 27.4 Å². The first-order valence-electron chi connectivity index (χ1n) is 9.00. The van der Waals surface area contributed by atoms with E-state index < -0.39 is 10.0 Å². The van der Waals surface area contributed by atoms with Crippen LogP contribution in [0.25, 0.3) is 0 Å². The number of ether oxygens (including phenoxy) is 4. The topological polar surface area (TPSA) is 100 Å². The summed E-state index contributed by atoms with van der Waals surface area (Å²) in [5.41, 5.74) is 0. The normalized spacial score (nSPS) is 19.8. The lowest BCUT2D eigenvalue weighted by Crippen LogP contribution is -2.31. The average Bonchev–Trinajstić information content (AvgIpc) is 3.05. The van der Waals surface area contributed by atoms with E-state index in [-0.39, 0.29) is 17.5 Å². The van der Waals surface area contributed by atoms with Crippen LogP contribution >= 0.6 is 0 Å². The summed E-state index contributed by atoms with van der Waals surface area (Å²) in [5.74, 6) is 1.74. The lowest BCUT2D eigenvalue weighted by Gasteiger charge is -2.18. The Kier molecular flexibility index (Phi) is 5.23. The van der Waals surface area contributed by atoms with Crippen molar-refractivity contribution in [2.24, 2.45) is 0 Å². The molecule has 1 unspecified atom stereocenters. The van der Waals surface area contributed by atoms with Gasteiger partial charge in [0.05, 0.1) is 31.8 Å². The van der Waals surface area contributed by atoms with Crippen LogP contribution in [-0.2, 0) is 10.0 Å². The third-order valence-corrected chi connectivity index (χ3v) is 6.44. The molecule has 2 aromatic rings. The molecular weight excluding hydrogens is 386 g/mol. The van der Waals surface area contributed by atoms with E-state index >= 15 is 0 Å². The van der Waals surface area contributed by atoms with Crippen LogP contribution in [0, 0.1) is 0 Å². The molecule has 2 aliphatic heterocycles. The van der Waals surface area contributed by atoms with Gasteiger partial charge < -0.3 is 18.9 Å². The Morgan fingerprint density at radius 1 is 1.07 bits per heavy atom. The molecule has 28 heavy (non-hydrogen) atoms. The molecule has 0 bridgehead atoms. The van der Waals surface area contributed by atoms with Crippen LogP contribution in [0.4, 0.5) is 0 Å². The molecule has 0 N–H and O–H groups in total. The Labute approximate surface area is 163 Å². The Morgan fingerprint density at radius 3 is 2.57 bits per heavy atom. The standard InChI is InChI=1S/C18H21N3O6S/c1-24-17-5-6-18(20-19-17)27-13-7-8-21(12-13)28(22,23)14-3-4-15-16(11-14)26-10-2-9-25-15/h3-6,11,13H,2,7-10,12H2,1H3. The molecule has 1 atom stereocenters. The number of fused-ring (bicyclic) bond motifs is 1. The van der Waals surface area contributed by atoms with Gasteiger partial charge in [-0.15, -0.1) is 10.2 Å². The molecule has 9 nitrogen and oxygen atoms in total. The van der Waals surface area contributed by atoms with E-state index in [4.69, 9.17) is 18.9 Å². The number of aromatic nitrogens is 2. The Hall–Kier alpha value is -2.59. The summed E-state index contributed by atoms with van der Waals surface area (Å²) < 4.78 is 49.3. The van der Waals surface area contributed by atoms with Crippen LogP contribution < -0.4 is 18.9 Å². The SMILES string of the molecule is COc1ccc(OC2CCN(S(=O)(=O)c3ccc4c(c3)OCCCO4)C2)nn1. The van der Waals surface area contributed by atoms with E-state index in [0.717, 1.165) is 6.42 Å². The minimum Gasteiger partial charge on any atom is -0.490 e. The highest BCUT2D eigenvalue weighted by atomic mass is 32.2. The third-order valence-electron chi connectivity index (χ3n) is 4.58. The zero-order chi connectivity index (χ0) is 19.6. The first-order chi connectivity index (χ1) is 13.6. The molecule has 0 aliphatic carbocycles. The molecule has 0 saturated carbocycles. The molecule has 0 spiro atoms. The van der Waals surface area contributed by atoms with Crippen LogP contribution in [0.2, 0.25) is 0 Å². The largest absolute Gasteiger partial charge is 0.490 e. The van der Waals surface area contributed by atoms with E-state index in [0.29, 0.717) is 49.4 Å². The minimum absolute atomic E-state index is 0.182. The fourth-order valence-electron chi connectivity index (χ4n) is 3.12. The highest BCUT2D eigenvalue weighted by Crippen LogP contribution is 2.33. The van der Waals surface area contributed by atoms with Gasteiger partial charge in [-0.05, 0) is 18.6 Å². The van der Waals surface area contributed by atoms with Crippen molar-refractivity contribution in [3.63, 3.8) is 0 Å². The lowest BCUT2D eigenvalue weighted by atomic mass is 10.3. The number of benzene rings is 1. The van der Waals surface area contributed by atoms with Crippen molar-refractivity contribution in [2.75, 3.05) is 33.4 Å². The van der Waals surface area contributed by atoms with E-state index in [1.54, 1.807) is 24.3 Å². The monoisotopic (exact) mass is 407 g/mol. The molecule has 4 rings (SSSR count). The van der Waals surface area contributed by atoms with Crippen LogP contribution in [-0.4, -0.2) is 62.4 Å². The van der Waals surface area contributed by atoms with Gasteiger partial charge in [0.2, 0.25) is 21.8 Å². The maximum atomic E-state index is 13.0. The van der Waals surface area contributed by atoms with Gasteiger partial charge in [-0.25, -0.2) is 8.42 Å².